The Morgan fingerprint density at radius 1 is 0.882 bits per heavy atom. The van der Waals surface area contributed by atoms with Crippen molar-refractivity contribution in [1.82, 2.24) is 4.90 Å². The average Bonchev–Trinajstić information content (AvgIpc) is 2.65. The number of hydrogen-bond acceptors (Lipinski definition) is 7. The SMILES string of the molecule is O=C1C=CC(=O)O1.OCCN(CCO)CCO. The Balaban J connectivity index is 0.000000318. The topological polar surface area (TPSA) is 107 Å². The first-order valence-corrected chi connectivity index (χ1v) is 5.12. The quantitative estimate of drug-likeness (QED) is 0.364. The number of aliphatic hydroxyl groups is 3. The summed E-state index contributed by atoms with van der Waals surface area (Å²) in [6.07, 6.45) is 2.17. The van der Waals surface area contributed by atoms with Gasteiger partial charge in [-0.25, -0.2) is 9.59 Å². The van der Waals surface area contributed by atoms with E-state index >= 15 is 0 Å². The molecule has 1 aliphatic rings. The van der Waals surface area contributed by atoms with Gasteiger partial charge in [0.1, 0.15) is 0 Å². The molecule has 0 spiro atoms. The van der Waals surface area contributed by atoms with Crippen molar-refractivity contribution in [2.75, 3.05) is 39.5 Å². The Hall–Kier alpha value is -1.28. The molecular weight excluding hydrogens is 230 g/mol. The van der Waals surface area contributed by atoms with E-state index in [0.29, 0.717) is 19.6 Å². The van der Waals surface area contributed by atoms with Crippen molar-refractivity contribution in [2.24, 2.45) is 0 Å². The van der Waals surface area contributed by atoms with E-state index < -0.39 is 11.9 Å². The van der Waals surface area contributed by atoms with E-state index in [1.165, 1.54) is 0 Å². The summed E-state index contributed by atoms with van der Waals surface area (Å²) < 4.78 is 3.97. The smallest absolute Gasteiger partial charge is 0.338 e. The molecule has 0 aromatic heterocycles. The lowest BCUT2D eigenvalue weighted by Crippen LogP contribution is -2.32. The Morgan fingerprint density at radius 3 is 1.41 bits per heavy atom. The van der Waals surface area contributed by atoms with E-state index in [-0.39, 0.29) is 19.8 Å². The number of nitrogens with zero attached hydrogens (tertiary/aromatic N) is 1. The van der Waals surface area contributed by atoms with Crippen molar-refractivity contribution in [3.05, 3.63) is 12.2 Å². The van der Waals surface area contributed by atoms with Crippen molar-refractivity contribution in [3.8, 4) is 0 Å². The molecule has 7 nitrogen and oxygen atoms in total. The van der Waals surface area contributed by atoms with Crippen LogP contribution in [0.15, 0.2) is 12.2 Å². The Labute approximate surface area is 98.9 Å². The maximum Gasteiger partial charge on any atom is 0.338 e. The van der Waals surface area contributed by atoms with Crippen LogP contribution in [0.25, 0.3) is 0 Å². The summed E-state index contributed by atoms with van der Waals surface area (Å²) in [5, 5.41) is 25.5. The van der Waals surface area contributed by atoms with Gasteiger partial charge in [-0.2, -0.15) is 0 Å². The van der Waals surface area contributed by atoms with E-state index in [2.05, 4.69) is 4.74 Å². The minimum atomic E-state index is -0.579. The highest BCUT2D eigenvalue weighted by molar-refractivity contribution is 6.04. The Bertz CT molecular complexity index is 235. The molecule has 0 atom stereocenters. The minimum Gasteiger partial charge on any atom is -0.395 e. The van der Waals surface area contributed by atoms with E-state index in [0.717, 1.165) is 12.2 Å². The largest absolute Gasteiger partial charge is 0.395 e. The summed E-state index contributed by atoms with van der Waals surface area (Å²) in [6, 6.07) is 0. The van der Waals surface area contributed by atoms with Crippen LogP contribution in [-0.2, 0) is 14.3 Å². The van der Waals surface area contributed by atoms with Crippen molar-refractivity contribution < 1.29 is 29.6 Å². The number of aliphatic hydroxyl groups excluding tert-OH is 3. The van der Waals surface area contributed by atoms with Gasteiger partial charge < -0.3 is 20.1 Å². The van der Waals surface area contributed by atoms with Crippen LogP contribution in [0.4, 0.5) is 0 Å². The van der Waals surface area contributed by atoms with E-state index in [1.54, 1.807) is 4.90 Å². The third-order valence-electron chi connectivity index (χ3n) is 1.81. The van der Waals surface area contributed by atoms with Crippen LogP contribution in [0.5, 0.6) is 0 Å². The lowest BCUT2D eigenvalue weighted by atomic mass is 10.4. The number of carbonyl (C=O) groups excluding carboxylic acids is 2. The second kappa shape index (κ2) is 9.91. The second-order valence-corrected chi connectivity index (χ2v) is 3.09. The molecule has 3 N–H and O–H groups in total. The fraction of sp³-hybridized carbons (Fsp3) is 0.600. The molecular formula is C10H17NO6. The summed E-state index contributed by atoms with van der Waals surface area (Å²) in [5.41, 5.74) is 0. The molecule has 0 radical (unpaired) electrons. The van der Waals surface area contributed by atoms with Crippen LogP contribution >= 0.6 is 0 Å². The molecule has 0 saturated carbocycles. The van der Waals surface area contributed by atoms with Gasteiger partial charge in [-0.05, 0) is 0 Å². The molecule has 0 aromatic carbocycles. The van der Waals surface area contributed by atoms with Crippen molar-refractivity contribution >= 4 is 11.9 Å². The van der Waals surface area contributed by atoms with Crippen molar-refractivity contribution in [2.45, 2.75) is 0 Å². The highest BCUT2D eigenvalue weighted by Gasteiger charge is 2.10. The van der Waals surface area contributed by atoms with Gasteiger partial charge in [0.25, 0.3) is 0 Å². The van der Waals surface area contributed by atoms with E-state index in [1.807, 2.05) is 0 Å². The molecule has 0 fully saturated rings. The zero-order chi connectivity index (χ0) is 13.1. The van der Waals surface area contributed by atoms with Gasteiger partial charge in [0.15, 0.2) is 0 Å². The molecule has 1 aliphatic heterocycles. The van der Waals surface area contributed by atoms with Gasteiger partial charge in [0.2, 0.25) is 0 Å². The molecule has 7 heteroatoms. The molecule has 0 unspecified atom stereocenters. The number of ether oxygens (including phenoxy) is 1. The molecule has 17 heavy (non-hydrogen) atoms. The van der Waals surface area contributed by atoms with Crippen molar-refractivity contribution in [3.63, 3.8) is 0 Å². The lowest BCUT2D eigenvalue weighted by molar-refractivity contribution is -0.150. The number of carbonyl (C=O) groups is 2. The standard InChI is InChI=1S/C6H15NO3.C4H2O3/c8-4-1-7(2-5-9)3-6-10;5-3-1-2-4(6)7-3/h8-10H,1-6H2;1-2H. The monoisotopic (exact) mass is 247 g/mol. The maximum absolute atomic E-state index is 9.92. The van der Waals surface area contributed by atoms with Gasteiger partial charge in [-0.1, -0.05) is 0 Å². The molecule has 0 saturated heterocycles. The summed E-state index contributed by atoms with van der Waals surface area (Å²) in [6.45, 7) is 1.75. The molecule has 0 aliphatic carbocycles. The summed E-state index contributed by atoms with van der Waals surface area (Å²) >= 11 is 0. The number of esters is 2. The third kappa shape index (κ3) is 8.52. The van der Waals surface area contributed by atoms with E-state index in [4.69, 9.17) is 15.3 Å². The number of cyclic esters (lactones) is 2. The second-order valence-electron chi connectivity index (χ2n) is 3.09. The van der Waals surface area contributed by atoms with Crippen LogP contribution in [0.1, 0.15) is 0 Å². The number of hydrogen-bond donors (Lipinski definition) is 3. The lowest BCUT2D eigenvalue weighted by Gasteiger charge is -2.17. The van der Waals surface area contributed by atoms with Crippen LogP contribution < -0.4 is 0 Å². The molecule has 0 bridgehead atoms. The zero-order valence-corrected chi connectivity index (χ0v) is 9.41. The first kappa shape index (κ1) is 15.7. The molecule has 98 valence electrons. The first-order valence-electron chi connectivity index (χ1n) is 5.12. The Kier molecular flexibility index (Phi) is 9.17. The molecule has 1 heterocycles. The summed E-state index contributed by atoms with van der Waals surface area (Å²) in [7, 11) is 0. The van der Waals surface area contributed by atoms with Crippen LogP contribution in [0.2, 0.25) is 0 Å². The van der Waals surface area contributed by atoms with Gasteiger partial charge in [-0.3, -0.25) is 4.90 Å². The number of rotatable bonds is 6. The van der Waals surface area contributed by atoms with Gasteiger partial charge in [0, 0.05) is 31.8 Å². The molecule has 0 aromatic rings. The highest BCUT2D eigenvalue weighted by atomic mass is 16.6. The van der Waals surface area contributed by atoms with Gasteiger partial charge in [0.05, 0.1) is 19.8 Å². The third-order valence-corrected chi connectivity index (χ3v) is 1.81. The predicted molar refractivity (Wildman–Crippen MR) is 57.9 cm³/mol. The fourth-order valence-corrected chi connectivity index (χ4v) is 1.06. The first-order chi connectivity index (χ1) is 8.13. The average molecular weight is 247 g/mol. The molecule has 1 rings (SSSR count). The van der Waals surface area contributed by atoms with Crippen LogP contribution in [-0.4, -0.2) is 71.6 Å². The predicted octanol–water partition coefficient (Wildman–Crippen LogP) is -2.11. The van der Waals surface area contributed by atoms with Gasteiger partial charge in [-0.15, -0.1) is 0 Å². The van der Waals surface area contributed by atoms with Gasteiger partial charge >= 0.3 is 11.9 Å². The Morgan fingerprint density at radius 2 is 1.24 bits per heavy atom. The maximum atomic E-state index is 9.92. The summed E-state index contributed by atoms with van der Waals surface area (Å²) in [4.78, 5) is 21.6. The molecule has 0 amide bonds. The van der Waals surface area contributed by atoms with Crippen molar-refractivity contribution in [1.29, 1.82) is 0 Å². The van der Waals surface area contributed by atoms with Crippen LogP contribution in [0, 0.1) is 0 Å². The zero-order valence-electron chi connectivity index (χ0n) is 9.41. The normalized spacial score (nSPS) is 13.6. The minimum absolute atomic E-state index is 0.0694. The van der Waals surface area contributed by atoms with E-state index in [9.17, 15) is 9.59 Å². The summed E-state index contributed by atoms with van der Waals surface area (Å²) in [5.74, 6) is -1.16. The fourth-order valence-electron chi connectivity index (χ4n) is 1.06. The highest BCUT2D eigenvalue weighted by Crippen LogP contribution is 1.92. The van der Waals surface area contributed by atoms with Crippen LogP contribution in [0.3, 0.4) is 0 Å².